The van der Waals surface area contributed by atoms with E-state index in [9.17, 15) is 0 Å². The Kier molecular flexibility index (Phi) is 3.66. The van der Waals surface area contributed by atoms with E-state index in [1.807, 2.05) is 24.4 Å². The van der Waals surface area contributed by atoms with E-state index in [1.165, 1.54) is 0 Å². The van der Waals surface area contributed by atoms with Crippen molar-refractivity contribution in [3.63, 3.8) is 0 Å². The average Bonchev–Trinajstić information content (AvgIpc) is 2.41. The first kappa shape index (κ1) is 12.8. The SMILES string of the molecule is N[C@H]1CC[C@H](Nc2cnc3ccc(Br)cc3n2)CC1. The summed E-state index contributed by atoms with van der Waals surface area (Å²) >= 11 is 3.46. The van der Waals surface area contributed by atoms with Crippen LogP contribution in [0, 0.1) is 0 Å². The molecule has 2 aromatic rings. The quantitative estimate of drug-likeness (QED) is 0.892. The third-order valence-corrected chi connectivity index (χ3v) is 4.12. The lowest BCUT2D eigenvalue weighted by atomic mass is 9.92. The lowest BCUT2D eigenvalue weighted by Gasteiger charge is -2.27. The van der Waals surface area contributed by atoms with E-state index in [0.29, 0.717) is 12.1 Å². The molecule has 1 aliphatic carbocycles. The molecule has 1 heterocycles. The zero-order valence-corrected chi connectivity index (χ0v) is 12.2. The first-order chi connectivity index (χ1) is 9.20. The molecular weight excluding hydrogens is 304 g/mol. The van der Waals surface area contributed by atoms with Crippen molar-refractivity contribution in [2.75, 3.05) is 5.32 Å². The van der Waals surface area contributed by atoms with Crippen LogP contribution >= 0.6 is 15.9 Å². The van der Waals surface area contributed by atoms with Crippen molar-refractivity contribution < 1.29 is 0 Å². The second-order valence-corrected chi connectivity index (χ2v) is 6.06. The van der Waals surface area contributed by atoms with Gasteiger partial charge in [0.1, 0.15) is 5.82 Å². The fraction of sp³-hybridized carbons (Fsp3) is 0.429. The summed E-state index contributed by atoms with van der Waals surface area (Å²) in [6, 6.07) is 6.78. The normalized spacial score (nSPS) is 23.5. The molecule has 1 fully saturated rings. The highest BCUT2D eigenvalue weighted by molar-refractivity contribution is 9.10. The van der Waals surface area contributed by atoms with Gasteiger partial charge in [0.15, 0.2) is 0 Å². The van der Waals surface area contributed by atoms with E-state index in [0.717, 1.165) is 47.0 Å². The number of nitrogens with zero attached hydrogens (tertiary/aromatic N) is 2. The van der Waals surface area contributed by atoms with Crippen LogP contribution in [0.4, 0.5) is 5.82 Å². The molecule has 3 rings (SSSR count). The molecule has 5 heteroatoms. The highest BCUT2D eigenvalue weighted by atomic mass is 79.9. The Morgan fingerprint density at radius 2 is 1.95 bits per heavy atom. The van der Waals surface area contributed by atoms with Gasteiger partial charge in [-0.05, 0) is 43.9 Å². The summed E-state index contributed by atoms with van der Waals surface area (Å²) < 4.78 is 1.02. The van der Waals surface area contributed by atoms with E-state index in [2.05, 4.69) is 31.2 Å². The molecule has 3 N–H and O–H groups in total. The maximum atomic E-state index is 5.92. The molecule has 1 aromatic carbocycles. The van der Waals surface area contributed by atoms with Crippen LogP contribution in [-0.2, 0) is 0 Å². The smallest absolute Gasteiger partial charge is 0.145 e. The Labute approximate surface area is 120 Å². The van der Waals surface area contributed by atoms with Gasteiger partial charge >= 0.3 is 0 Å². The van der Waals surface area contributed by atoms with Crippen LogP contribution in [-0.4, -0.2) is 22.1 Å². The van der Waals surface area contributed by atoms with Crippen LogP contribution in [0.1, 0.15) is 25.7 Å². The van der Waals surface area contributed by atoms with Crippen molar-refractivity contribution >= 4 is 32.8 Å². The monoisotopic (exact) mass is 320 g/mol. The van der Waals surface area contributed by atoms with Crippen molar-refractivity contribution in [2.24, 2.45) is 5.73 Å². The van der Waals surface area contributed by atoms with Crippen molar-refractivity contribution in [1.29, 1.82) is 0 Å². The predicted octanol–water partition coefficient (Wildman–Crippen LogP) is 3.07. The number of halogens is 1. The number of hydrogen-bond donors (Lipinski definition) is 2. The predicted molar refractivity (Wildman–Crippen MR) is 81.1 cm³/mol. The second-order valence-electron chi connectivity index (χ2n) is 5.14. The Bertz CT molecular complexity index is 579. The Balaban J connectivity index is 1.77. The second kappa shape index (κ2) is 5.43. The lowest BCUT2D eigenvalue weighted by molar-refractivity contribution is 0.410. The molecule has 1 saturated carbocycles. The van der Waals surface area contributed by atoms with Gasteiger partial charge in [-0.3, -0.25) is 4.98 Å². The van der Waals surface area contributed by atoms with Crippen LogP contribution in [0.5, 0.6) is 0 Å². The van der Waals surface area contributed by atoms with Crippen LogP contribution < -0.4 is 11.1 Å². The zero-order valence-electron chi connectivity index (χ0n) is 10.6. The molecule has 19 heavy (non-hydrogen) atoms. The van der Waals surface area contributed by atoms with Gasteiger partial charge in [0.2, 0.25) is 0 Å². The molecule has 0 saturated heterocycles. The van der Waals surface area contributed by atoms with E-state index in [4.69, 9.17) is 5.73 Å². The maximum Gasteiger partial charge on any atom is 0.145 e. The number of benzene rings is 1. The topological polar surface area (TPSA) is 63.8 Å². The van der Waals surface area contributed by atoms with Gasteiger partial charge in [0, 0.05) is 16.6 Å². The van der Waals surface area contributed by atoms with Gasteiger partial charge in [-0.15, -0.1) is 0 Å². The summed E-state index contributed by atoms with van der Waals surface area (Å²) in [5, 5.41) is 3.47. The first-order valence-electron chi connectivity index (χ1n) is 6.65. The highest BCUT2D eigenvalue weighted by Crippen LogP contribution is 2.22. The minimum absolute atomic E-state index is 0.372. The van der Waals surface area contributed by atoms with Gasteiger partial charge in [-0.1, -0.05) is 15.9 Å². The molecule has 1 aliphatic rings. The lowest BCUT2D eigenvalue weighted by Crippen LogP contribution is -2.33. The number of hydrogen-bond acceptors (Lipinski definition) is 4. The number of anilines is 1. The third-order valence-electron chi connectivity index (χ3n) is 3.63. The molecule has 1 aromatic heterocycles. The summed E-state index contributed by atoms with van der Waals surface area (Å²) in [5.41, 5.74) is 7.75. The summed E-state index contributed by atoms with van der Waals surface area (Å²) in [6.45, 7) is 0. The largest absolute Gasteiger partial charge is 0.366 e. The van der Waals surface area contributed by atoms with Gasteiger partial charge < -0.3 is 11.1 Å². The Morgan fingerprint density at radius 1 is 1.16 bits per heavy atom. The molecule has 100 valence electrons. The van der Waals surface area contributed by atoms with Gasteiger partial charge in [-0.2, -0.15) is 0 Å². The summed E-state index contributed by atoms with van der Waals surface area (Å²) in [4.78, 5) is 9.05. The Morgan fingerprint density at radius 3 is 2.74 bits per heavy atom. The molecule has 0 radical (unpaired) electrons. The molecule has 0 amide bonds. The summed E-state index contributed by atoms with van der Waals surface area (Å²) in [5.74, 6) is 0.853. The molecule has 0 aliphatic heterocycles. The highest BCUT2D eigenvalue weighted by Gasteiger charge is 2.18. The number of fused-ring (bicyclic) bond motifs is 1. The standard InChI is InChI=1S/C14H17BrN4/c15-9-1-6-12-13(7-9)19-14(8-17-12)18-11-4-2-10(16)3-5-11/h1,6-8,10-11H,2-5,16H2,(H,18,19)/t10-,11-. The molecule has 4 nitrogen and oxygen atoms in total. The van der Waals surface area contributed by atoms with Crippen LogP contribution in [0.25, 0.3) is 11.0 Å². The molecule has 0 unspecified atom stereocenters. The minimum Gasteiger partial charge on any atom is -0.366 e. The number of nitrogens with one attached hydrogen (secondary N) is 1. The third kappa shape index (κ3) is 3.04. The van der Waals surface area contributed by atoms with Gasteiger partial charge in [0.05, 0.1) is 17.2 Å². The van der Waals surface area contributed by atoms with E-state index >= 15 is 0 Å². The van der Waals surface area contributed by atoms with Crippen molar-refractivity contribution in [2.45, 2.75) is 37.8 Å². The first-order valence-corrected chi connectivity index (χ1v) is 7.44. The summed E-state index contributed by atoms with van der Waals surface area (Å²) in [6.07, 6.45) is 6.21. The molecule has 0 spiro atoms. The molecule has 0 atom stereocenters. The minimum atomic E-state index is 0.372. The van der Waals surface area contributed by atoms with Gasteiger partial charge in [-0.25, -0.2) is 4.98 Å². The number of aromatic nitrogens is 2. The fourth-order valence-electron chi connectivity index (χ4n) is 2.53. The number of rotatable bonds is 2. The van der Waals surface area contributed by atoms with Crippen LogP contribution in [0.2, 0.25) is 0 Å². The van der Waals surface area contributed by atoms with Crippen molar-refractivity contribution in [1.82, 2.24) is 9.97 Å². The van der Waals surface area contributed by atoms with E-state index in [-0.39, 0.29) is 0 Å². The average molecular weight is 321 g/mol. The number of nitrogens with two attached hydrogens (primary N) is 1. The molecule has 0 bridgehead atoms. The van der Waals surface area contributed by atoms with Crippen LogP contribution in [0.3, 0.4) is 0 Å². The zero-order chi connectivity index (χ0) is 13.2. The van der Waals surface area contributed by atoms with Crippen molar-refractivity contribution in [3.8, 4) is 0 Å². The Hall–Kier alpha value is -1.20. The van der Waals surface area contributed by atoms with E-state index in [1.54, 1.807) is 0 Å². The summed E-state index contributed by atoms with van der Waals surface area (Å²) in [7, 11) is 0. The van der Waals surface area contributed by atoms with Crippen LogP contribution in [0.15, 0.2) is 28.9 Å². The van der Waals surface area contributed by atoms with E-state index < -0.39 is 0 Å². The van der Waals surface area contributed by atoms with Gasteiger partial charge in [0.25, 0.3) is 0 Å². The maximum absolute atomic E-state index is 5.92. The van der Waals surface area contributed by atoms with Crippen molar-refractivity contribution in [3.05, 3.63) is 28.9 Å². The molecular formula is C14H17BrN4. The fourth-order valence-corrected chi connectivity index (χ4v) is 2.88.